The third kappa shape index (κ3) is 3.07. The SMILES string of the molecule is CC(=O)N1CCCc2cc(OCc3ccccc3)ccc21. The van der Waals surface area contributed by atoms with Crippen molar-refractivity contribution in [1.82, 2.24) is 0 Å². The Kier molecular flexibility index (Phi) is 3.91. The number of amides is 1. The van der Waals surface area contributed by atoms with Crippen LogP contribution in [0.25, 0.3) is 0 Å². The fourth-order valence-corrected chi connectivity index (χ4v) is 2.73. The van der Waals surface area contributed by atoms with Gasteiger partial charge in [-0.05, 0) is 42.2 Å². The zero-order chi connectivity index (χ0) is 14.7. The van der Waals surface area contributed by atoms with Crippen LogP contribution in [0.1, 0.15) is 24.5 Å². The molecule has 2 aromatic rings. The molecule has 0 fully saturated rings. The average Bonchev–Trinajstić information content (AvgIpc) is 2.53. The first-order valence-electron chi connectivity index (χ1n) is 7.32. The highest BCUT2D eigenvalue weighted by atomic mass is 16.5. The molecule has 0 saturated carbocycles. The monoisotopic (exact) mass is 281 g/mol. The zero-order valence-electron chi connectivity index (χ0n) is 12.2. The van der Waals surface area contributed by atoms with Gasteiger partial charge in [0.25, 0.3) is 0 Å². The second kappa shape index (κ2) is 6.00. The van der Waals surface area contributed by atoms with Gasteiger partial charge in [0.1, 0.15) is 12.4 Å². The molecule has 0 bridgehead atoms. The number of carbonyl (C=O) groups excluding carboxylic acids is 1. The summed E-state index contributed by atoms with van der Waals surface area (Å²) < 4.78 is 5.85. The Balaban J connectivity index is 1.75. The Labute approximate surface area is 125 Å². The van der Waals surface area contributed by atoms with Crippen molar-refractivity contribution < 1.29 is 9.53 Å². The van der Waals surface area contributed by atoms with E-state index in [1.807, 2.05) is 35.2 Å². The molecule has 1 amide bonds. The molecule has 0 aromatic heterocycles. The minimum absolute atomic E-state index is 0.105. The number of ether oxygens (including phenoxy) is 1. The number of nitrogens with zero attached hydrogens (tertiary/aromatic N) is 1. The second-order valence-corrected chi connectivity index (χ2v) is 5.34. The lowest BCUT2D eigenvalue weighted by Crippen LogP contribution is -2.33. The van der Waals surface area contributed by atoms with E-state index in [9.17, 15) is 4.79 Å². The summed E-state index contributed by atoms with van der Waals surface area (Å²) in [5.74, 6) is 0.969. The van der Waals surface area contributed by atoms with E-state index in [0.717, 1.165) is 36.4 Å². The second-order valence-electron chi connectivity index (χ2n) is 5.34. The third-order valence-corrected chi connectivity index (χ3v) is 3.80. The molecule has 1 aliphatic heterocycles. The van der Waals surface area contributed by atoms with Crippen LogP contribution >= 0.6 is 0 Å². The van der Waals surface area contributed by atoms with E-state index >= 15 is 0 Å². The minimum atomic E-state index is 0.105. The summed E-state index contributed by atoms with van der Waals surface area (Å²) in [4.78, 5) is 13.5. The van der Waals surface area contributed by atoms with Crippen LogP contribution < -0.4 is 9.64 Å². The van der Waals surface area contributed by atoms with E-state index in [1.165, 1.54) is 5.56 Å². The first kappa shape index (κ1) is 13.7. The van der Waals surface area contributed by atoms with Gasteiger partial charge in [-0.3, -0.25) is 4.79 Å². The highest BCUT2D eigenvalue weighted by Crippen LogP contribution is 2.30. The van der Waals surface area contributed by atoms with Gasteiger partial charge >= 0.3 is 0 Å². The number of rotatable bonds is 3. The number of hydrogen-bond donors (Lipinski definition) is 0. The van der Waals surface area contributed by atoms with Gasteiger partial charge in [0, 0.05) is 19.2 Å². The van der Waals surface area contributed by atoms with E-state index in [-0.39, 0.29) is 5.91 Å². The fraction of sp³-hybridized carbons (Fsp3) is 0.278. The lowest BCUT2D eigenvalue weighted by Gasteiger charge is -2.28. The van der Waals surface area contributed by atoms with Crippen LogP contribution in [-0.4, -0.2) is 12.5 Å². The summed E-state index contributed by atoms with van der Waals surface area (Å²) in [6.07, 6.45) is 2.01. The molecule has 1 aliphatic rings. The Morgan fingerprint density at radius 3 is 2.76 bits per heavy atom. The van der Waals surface area contributed by atoms with Gasteiger partial charge in [0.15, 0.2) is 0 Å². The van der Waals surface area contributed by atoms with Crippen LogP contribution in [0.4, 0.5) is 5.69 Å². The van der Waals surface area contributed by atoms with Gasteiger partial charge in [-0.25, -0.2) is 0 Å². The molecule has 1 heterocycles. The molecule has 3 rings (SSSR count). The molecule has 0 atom stereocenters. The fourth-order valence-electron chi connectivity index (χ4n) is 2.73. The predicted octanol–water partition coefficient (Wildman–Crippen LogP) is 3.56. The predicted molar refractivity (Wildman–Crippen MR) is 83.6 cm³/mol. The minimum Gasteiger partial charge on any atom is -0.489 e. The van der Waals surface area contributed by atoms with Gasteiger partial charge in [-0.2, -0.15) is 0 Å². The van der Waals surface area contributed by atoms with Crippen molar-refractivity contribution >= 4 is 11.6 Å². The molecule has 0 unspecified atom stereocenters. The summed E-state index contributed by atoms with van der Waals surface area (Å²) in [5, 5.41) is 0. The van der Waals surface area contributed by atoms with Gasteiger partial charge in [-0.1, -0.05) is 30.3 Å². The van der Waals surface area contributed by atoms with Crippen LogP contribution in [0.15, 0.2) is 48.5 Å². The quantitative estimate of drug-likeness (QED) is 0.861. The molecular formula is C18H19NO2. The Bertz CT molecular complexity index is 637. The van der Waals surface area contributed by atoms with Gasteiger partial charge in [-0.15, -0.1) is 0 Å². The van der Waals surface area contributed by atoms with Crippen molar-refractivity contribution in [3.63, 3.8) is 0 Å². The molecule has 3 heteroatoms. The van der Waals surface area contributed by atoms with Crippen molar-refractivity contribution in [2.24, 2.45) is 0 Å². The maximum Gasteiger partial charge on any atom is 0.223 e. The summed E-state index contributed by atoms with van der Waals surface area (Å²) in [6, 6.07) is 16.1. The molecule has 0 aliphatic carbocycles. The van der Waals surface area contributed by atoms with E-state index in [0.29, 0.717) is 6.61 Å². The van der Waals surface area contributed by atoms with Gasteiger partial charge < -0.3 is 9.64 Å². The first-order chi connectivity index (χ1) is 10.2. The number of benzene rings is 2. The van der Waals surface area contributed by atoms with Crippen molar-refractivity contribution in [1.29, 1.82) is 0 Å². The maximum atomic E-state index is 11.7. The average molecular weight is 281 g/mol. The largest absolute Gasteiger partial charge is 0.489 e. The molecule has 3 nitrogen and oxygen atoms in total. The highest BCUT2D eigenvalue weighted by molar-refractivity contribution is 5.92. The molecule has 0 N–H and O–H groups in total. The van der Waals surface area contributed by atoms with Crippen LogP contribution in [0.3, 0.4) is 0 Å². The van der Waals surface area contributed by atoms with Gasteiger partial charge in [0.05, 0.1) is 0 Å². The van der Waals surface area contributed by atoms with E-state index in [1.54, 1.807) is 6.92 Å². The van der Waals surface area contributed by atoms with Crippen molar-refractivity contribution in [2.75, 3.05) is 11.4 Å². The summed E-state index contributed by atoms with van der Waals surface area (Å²) in [5.41, 5.74) is 3.38. The van der Waals surface area contributed by atoms with Crippen LogP contribution in [-0.2, 0) is 17.8 Å². The van der Waals surface area contributed by atoms with Gasteiger partial charge in [0.2, 0.25) is 5.91 Å². The molecule has 0 spiro atoms. The zero-order valence-corrected chi connectivity index (χ0v) is 12.2. The molecule has 108 valence electrons. The number of carbonyl (C=O) groups is 1. The number of anilines is 1. The Morgan fingerprint density at radius 2 is 2.00 bits per heavy atom. The number of fused-ring (bicyclic) bond motifs is 1. The Morgan fingerprint density at radius 1 is 1.19 bits per heavy atom. The first-order valence-corrected chi connectivity index (χ1v) is 7.32. The van der Waals surface area contributed by atoms with Crippen molar-refractivity contribution in [3.8, 4) is 5.75 Å². The van der Waals surface area contributed by atoms with Crippen LogP contribution in [0.5, 0.6) is 5.75 Å². The molecule has 2 aromatic carbocycles. The van der Waals surface area contributed by atoms with Crippen LogP contribution in [0.2, 0.25) is 0 Å². The van der Waals surface area contributed by atoms with Crippen molar-refractivity contribution in [3.05, 3.63) is 59.7 Å². The summed E-state index contributed by atoms with van der Waals surface area (Å²) >= 11 is 0. The maximum absolute atomic E-state index is 11.7. The molecule has 21 heavy (non-hydrogen) atoms. The molecule has 0 radical (unpaired) electrons. The number of hydrogen-bond acceptors (Lipinski definition) is 2. The summed E-state index contributed by atoms with van der Waals surface area (Å²) in [6.45, 7) is 3.00. The van der Waals surface area contributed by atoms with E-state index in [4.69, 9.17) is 4.74 Å². The Hall–Kier alpha value is -2.29. The molecular weight excluding hydrogens is 262 g/mol. The topological polar surface area (TPSA) is 29.5 Å². The lowest BCUT2D eigenvalue weighted by molar-refractivity contribution is -0.116. The van der Waals surface area contributed by atoms with E-state index < -0.39 is 0 Å². The lowest BCUT2D eigenvalue weighted by atomic mass is 10.0. The van der Waals surface area contributed by atoms with E-state index in [2.05, 4.69) is 18.2 Å². The normalized spacial score (nSPS) is 13.7. The third-order valence-electron chi connectivity index (χ3n) is 3.80. The summed E-state index contributed by atoms with van der Waals surface area (Å²) in [7, 11) is 0. The highest BCUT2D eigenvalue weighted by Gasteiger charge is 2.20. The van der Waals surface area contributed by atoms with Crippen molar-refractivity contribution in [2.45, 2.75) is 26.4 Å². The van der Waals surface area contributed by atoms with Crippen LogP contribution in [0, 0.1) is 0 Å². The smallest absolute Gasteiger partial charge is 0.223 e. The molecule has 0 saturated heterocycles. The number of aryl methyl sites for hydroxylation is 1. The standard InChI is InChI=1S/C18H19NO2/c1-14(20)19-11-5-8-16-12-17(9-10-18(16)19)21-13-15-6-3-2-4-7-15/h2-4,6-7,9-10,12H,5,8,11,13H2,1H3.